The number of hydrogen-bond donors (Lipinski definition) is 0. The average Bonchev–Trinajstić information content (AvgIpc) is 3.19. The third-order valence-corrected chi connectivity index (χ3v) is 5.96. The van der Waals surface area contributed by atoms with Crippen LogP contribution < -0.4 is 9.47 Å². The highest BCUT2D eigenvalue weighted by Crippen LogP contribution is 2.45. The molecule has 0 saturated heterocycles. The summed E-state index contributed by atoms with van der Waals surface area (Å²) in [5.41, 5.74) is 5.33. The van der Waals surface area contributed by atoms with Crippen LogP contribution in [0.4, 0.5) is 0 Å². The van der Waals surface area contributed by atoms with Crippen LogP contribution in [0.2, 0.25) is 0 Å². The first-order chi connectivity index (χ1) is 15.0. The number of hydrazone groups is 1. The maximum Gasteiger partial charge on any atom is 0.332 e. The van der Waals surface area contributed by atoms with Gasteiger partial charge < -0.3 is 14.2 Å². The van der Waals surface area contributed by atoms with Crippen molar-refractivity contribution in [2.45, 2.75) is 32.7 Å². The fourth-order valence-corrected chi connectivity index (χ4v) is 4.46. The molecule has 1 aliphatic carbocycles. The van der Waals surface area contributed by atoms with E-state index in [1.807, 2.05) is 30.1 Å². The first-order valence-electron chi connectivity index (χ1n) is 10.6. The van der Waals surface area contributed by atoms with Crippen LogP contribution in [0.1, 0.15) is 43.0 Å². The van der Waals surface area contributed by atoms with Gasteiger partial charge in [-0.2, -0.15) is 5.10 Å². The van der Waals surface area contributed by atoms with Gasteiger partial charge in [0.2, 0.25) is 0 Å². The minimum atomic E-state index is -0.356. The van der Waals surface area contributed by atoms with Crippen molar-refractivity contribution in [2.75, 3.05) is 20.8 Å². The van der Waals surface area contributed by atoms with E-state index >= 15 is 0 Å². The molecule has 0 aromatic heterocycles. The van der Waals surface area contributed by atoms with Crippen LogP contribution in [0, 0.1) is 5.92 Å². The molecule has 162 valence electrons. The second-order valence-electron chi connectivity index (χ2n) is 7.75. The number of hydrogen-bond acceptors (Lipinski definition) is 6. The van der Waals surface area contributed by atoms with Crippen LogP contribution in [-0.4, -0.2) is 37.5 Å². The highest BCUT2D eigenvalue weighted by Gasteiger charge is 2.42. The third-order valence-electron chi connectivity index (χ3n) is 5.96. The van der Waals surface area contributed by atoms with Crippen LogP contribution in [0.3, 0.4) is 0 Å². The lowest BCUT2D eigenvalue weighted by Gasteiger charge is -2.31. The lowest BCUT2D eigenvalue weighted by molar-refractivity contribution is -0.137. The molecule has 0 radical (unpaired) electrons. The standard InChI is InChI=1S/C25H28N2O4/c1-5-31-23(28)14-16(2)27-25(18-7-10-19(29-3)11-8-18)21-13-9-17-6-12-20(30-4)15-22(17)24(21)26-27/h6-8,10-12,14-15,21,25H,5,9,13H2,1-4H3/b16-14+. The van der Waals surface area contributed by atoms with E-state index in [-0.39, 0.29) is 17.9 Å². The monoisotopic (exact) mass is 420 g/mol. The molecular formula is C25H28N2O4. The minimum Gasteiger partial charge on any atom is -0.497 e. The van der Waals surface area contributed by atoms with Gasteiger partial charge in [0.25, 0.3) is 0 Å². The Labute approximate surface area is 183 Å². The van der Waals surface area contributed by atoms with Gasteiger partial charge >= 0.3 is 5.97 Å². The lowest BCUT2D eigenvalue weighted by atomic mass is 9.77. The van der Waals surface area contributed by atoms with E-state index in [1.54, 1.807) is 21.1 Å². The first kappa shape index (κ1) is 21.0. The fourth-order valence-electron chi connectivity index (χ4n) is 4.46. The molecular weight excluding hydrogens is 392 g/mol. The van der Waals surface area contributed by atoms with Crippen LogP contribution in [0.15, 0.2) is 59.3 Å². The maximum absolute atomic E-state index is 12.1. The van der Waals surface area contributed by atoms with Crippen molar-refractivity contribution in [3.8, 4) is 11.5 Å². The quantitative estimate of drug-likeness (QED) is 0.509. The molecule has 6 nitrogen and oxygen atoms in total. The topological polar surface area (TPSA) is 60.4 Å². The van der Waals surface area contributed by atoms with Crippen LogP contribution in [0.25, 0.3) is 0 Å². The van der Waals surface area contributed by atoms with Crippen LogP contribution >= 0.6 is 0 Å². The summed E-state index contributed by atoms with van der Waals surface area (Å²) in [4.78, 5) is 12.1. The smallest absolute Gasteiger partial charge is 0.332 e. The van der Waals surface area contributed by atoms with E-state index in [9.17, 15) is 4.79 Å². The Morgan fingerprint density at radius 2 is 1.84 bits per heavy atom. The van der Waals surface area contributed by atoms with Crippen molar-refractivity contribution in [2.24, 2.45) is 11.0 Å². The third kappa shape index (κ3) is 4.02. The van der Waals surface area contributed by atoms with Gasteiger partial charge in [-0.15, -0.1) is 0 Å². The fraction of sp³-hybridized carbons (Fsp3) is 0.360. The average molecular weight is 421 g/mol. The number of methoxy groups -OCH3 is 2. The molecule has 0 bridgehead atoms. The van der Waals surface area contributed by atoms with Crippen LogP contribution in [-0.2, 0) is 16.0 Å². The highest BCUT2D eigenvalue weighted by molar-refractivity contribution is 6.06. The number of fused-ring (bicyclic) bond motifs is 3. The zero-order valence-electron chi connectivity index (χ0n) is 18.4. The summed E-state index contributed by atoms with van der Waals surface area (Å²) in [5.74, 6) is 1.48. The van der Waals surface area contributed by atoms with Crippen molar-refractivity contribution >= 4 is 11.7 Å². The van der Waals surface area contributed by atoms with E-state index < -0.39 is 0 Å². The predicted molar refractivity (Wildman–Crippen MR) is 119 cm³/mol. The van der Waals surface area contributed by atoms with E-state index in [1.165, 1.54) is 11.6 Å². The minimum absolute atomic E-state index is 0.00839. The van der Waals surface area contributed by atoms with E-state index in [4.69, 9.17) is 19.3 Å². The zero-order chi connectivity index (χ0) is 22.0. The number of ether oxygens (including phenoxy) is 3. The largest absolute Gasteiger partial charge is 0.497 e. The summed E-state index contributed by atoms with van der Waals surface area (Å²) >= 11 is 0. The molecule has 31 heavy (non-hydrogen) atoms. The summed E-state index contributed by atoms with van der Waals surface area (Å²) in [6, 6.07) is 14.3. The molecule has 6 heteroatoms. The number of benzene rings is 2. The number of carbonyl (C=O) groups is 1. The van der Waals surface area contributed by atoms with Crippen molar-refractivity contribution in [1.29, 1.82) is 0 Å². The van der Waals surface area contributed by atoms with E-state index in [2.05, 4.69) is 24.3 Å². The summed E-state index contributed by atoms with van der Waals surface area (Å²) in [6.07, 6.45) is 3.48. The molecule has 0 N–H and O–H groups in total. The van der Waals surface area contributed by atoms with Crippen molar-refractivity contribution in [3.63, 3.8) is 0 Å². The normalized spacial score (nSPS) is 19.9. The summed E-state index contributed by atoms with van der Waals surface area (Å²) in [5, 5.41) is 6.99. The van der Waals surface area contributed by atoms with Crippen molar-refractivity contribution < 1.29 is 19.0 Å². The maximum atomic E-state index is 12.1. The van der Waals surface area contributed by atoms with Gasteiger partial charge in [0.15, 0.2) is 0 Å². The Balaban J connectivity index is 1.78. The highest BCUT2D eigenvalue weighted by atomic mass is 16.5. The molecule has 0 spiro atoms. The molecule has 0 amide bonds. The molecule has 2 aliphatic rings. The van der Waals surface area contributed by atoms with Gasteiger partial charge in [0, 0.05) is 23.3 Å². The second kappa shape index (κ2) is 8.84. The number of esters is 1. The van der Waals surface area contributed by atoms with Crippen molar-refractivity contribution in [1.82, 2.24) is 5.01 Å². The Kier molecular flexibility index (Phi) is 5.98. The molecule has 2 unspecified atom stereocenters. The number of allylic oxidation sites excluding steroid dienone is 1. The van der Waals surface area contributed by atoms with Gasteiger partial charge in [0.1, 0.15) is 11.5 Å². The summed E-state index contributed by atoms with van der Waals surface area (Å²) in [6.45, 7) is 4.05. The van der Waals surface area contributed by atoms with Crippen LogP contribution in [0.5, 0.6) is 11.5 Å². The zero-order valence-corrected chi connectivity index (χ0v) is 18.4. The molecule has 0 saturated carbocycles. The van der Waals surface area contributed by atoms with Gasteiger partial charge in [-0.05, 0) is 62.1 Å². The molecule has 2 aromatic rings. The SMILES string of the molecule is CCOC(=O)/C=C(\C)N1N=C2c3cc(OC)ccc3CCC2C1c1ccc(OC)cc1. The van der Waals surface area contributed by atoms with Gasteiger partial charge in [-0.25, -0.2) is 4.79 Å². The molecule has 4 rings (SSSR count). The Hall–Kier alpha value is -3.28. The van der Waals surface area contributed by atoms with Gasteiger partial charge in [-0.3, -0.25) is 5.01 Å². The van der Waals surface area contributed by atoms with E-state index in [0.29, 0.717) is 6.61 Å². The lowest BCUT2D eigenvalue weighted by Crippen LogP contribution is -2.28. The molecule has 2 aromatic carbocycles. The molecule has 0 fully saturated rings. The Morgan fingerprint density at radius 3 is 2.52 bits per heavy atom. The number of aryl methyl sites for hydroxylation is 1. The molecule has 1 aliphatic heterocycles. The number of rotatable bonds is 6. The number of carbonyl (C=O) groups excluding carboxylic acids is 1. The van der Waals surface area contributed by atoms with Crippen molar-refractivity contribution in [3.05, 3.63) is 70.9 Å². The van der Waals surface area contributed by atoms with Gasteiger partial charge in [-0.1, -0.05) is 18.2 Å². The van der Waals surface area contributed by atoms with E-state index in [0.717, 1.165) is 46.9 Å². The summed E-state index contributed by atoms with van der Waals surface area (Å²) in [7, 11) is 3.34. The molecule has 2 atom stereocenters. The predicted octanol–water partition coefficient (Wildman–Crippen LogP) is 4.49. The van der Waals surface area contributed by atoms with Gasteiger partial charge in [0.05, 0.1) is 32.6 Å². The summed E-state index contributed by atoms with van der Waals surface area (Å²) < 4.78 is 15.9. The Bertz CT molecular complexity index is 1030. The molecule has 1 heterocycles. The Morgan fingerprint density at radius 1 is 1.13 bits per heavy atom. The second-order valence-corrected chi connectivity index (χ2v) is 7.75. The number of nitrogens with zero attached hydrogens (tertiary/aromatic N) is 2. The first-order valence-corrected chi connectivity index (χ1v) is 10.6.